The number of amides is 1. The van der Waals surface area contributed by atoms with Gasteiger partial charge in [0.25, 0.3) is 0 Å². The molecule has 0 atom stereocenters. The zero-order valence-corrected chi connectivity index (χ0v) is 12.6. The summed E-state index contributed by atoms with van der Waals surface area (Å²) in [6.07, 6.45) is 0. The molecule has 0 aromatic heterocycles. The Kier molecular flexibility index (Phi) is 4.02. The number of likely N-dealkylation sites (N-methyl/N-ethyl adjacent to an activating group) is 1. The monoisotopic (exact) mass is 312 g/mol. The fourth-order valence-electron chi connectivity index (χ4n) is 2.21. The molecule has 0 bridgehead atoms. The van der Waals surface area contributed by atoms with Crippen LogP contribution in [0.3, 0.4) is 0 Å². The summed E-state index contributed by atoms with van der Waals surface area (Å²) in [6.45, 7) is 1.74. The van der Waals surface area contributed by atoms with Gasteiger partial charge in [-0.3, -0.25) is 4.79 Å². The van der Waals surface area contributed by atoms with Gasteiger partial charge in [0.15, 0.2) is 0 Å². The van der Waals surface area contributed by atoms with Gasteiger partial charge in [-0.25, -0.2) is 13.2 Å². The third kappa shape index (κ3) is 2.77. The fraction of sp³-hybridized carbons (Fsp3) is 0.385. The molecule has 0 saturated carbocycles. The maximum absolute atomic E-state index is 12.6. The van der Waals surface area contributed by atoms with Crippen molar-refractivity contribution < 1.29 is 23.1 Å². The van der Waals surface area contributed by atoms with E-state index in [-0.39, 0.29) is 35.0 Å². The molecule has 0 aliphatic carbocycles. The average molecular weight is 312 g/mol. The molecule has 1 heterocycles. The second-order valence-corrected chi connectivity index (χ2v) is 6.79. The van der Waals surface area contributed by atoms with Crippen molar-refractivity contribution in [3.63, 3.8) is 0 Å². The summed E-state index contributed by atoms with van der Waals surface area (Å²) < 4.78 is 26.3. The summed E-state index contributed by atoms with van der Waals surface area (Å²) in [6, 6.07) is 4.10. The van der Waals surface area contributed by atoms with Gasteiger partial charge in [-0.1, -0.05) is 6.07 Å². The van der Waals surface area contributed by atoms with Gasteiger partial charge in [0.2, 0.25) is 15.9 Å². The number of hydrogen-bond donors (Lipinski definition) is 1. The topological polar surface area (TPSA) is 95.0 Å². The van der Waals surface area contributed by atoms with Crippen LogP contribution in [0.15, 0.2) is 23.1 Å². The molecule has 21 heavy (non-hydrogen) atoms. The third-order valence-corrected chi connectivity index (χ3v) is 5.54. The molecule has 0 radical (unpaired) electrons. The van der Waals surface area contributed by atoms with Gasteiger partial charge in [-0.05, 0) is 24.6 Å². The van der Waals surface area contributed by atoms with Crippen molar-refractivity contribution in [1.29, 1.82) is 0 Å². The van der Waals surface area contributed by atoms with Crippen molar-refractivity contribution in [2.45, 2.75) is 11.8 Å². The van der Waals surface area contributed by atoms with Crippen LogP contribution < -0.4 is 0 Å². The van der Waals surface area contributed by atoms with Crippen LogP contribution in [0, 0.1) is 6.92 Å². The van der Waals surface area contributed by atoms with Crippen LogP contribution in [0.4, 0.5) is 0 Å². The minimum atomic E-state index is -3.88. The number of nitrogens with zero attached hydrogens (tertiary/aromatic N) is 2. The Labute approximate surface area is 122 Å². The first-order valence-corrected chi connectivity index (χ1v) is 7.76. The number of carbonyl (C=O) groups is 2. The molecule has 0 spiro atoms. The summed E-state index contributed by atoms with van der Waals surface area (Å²) >= 11 is 0. The second kappa shape index (κ2) is 5.45. The van der Waals surface area contributed by atoms with E-state index in [1.54, 1.807) is 7.05 Å². The zero-order chi connectivity index (χ0) is 15.8. The highest BCUT2D eigenvalue weighted by atomic mass is 32.2. The predicted molar refractivity (Wildman–Crippen MR) is 74.5 cm³/mol. The van der Waals surface area contributed by atoms with Gasteiger partial charge in [0.05, 0.1) is 17.0 Å². The Morgan fingerprint density at radius 2 is 1.95 bits per heavy atom. The highest BCUT2D eigenvalue weighted by Crippen LogP contribution is 2.23. The van der Waals surface area contributed by atoms with Gasteiger partial charge in [0.1, 0.15) is 0 Å². The van der Waals surface area contributed by atoms with Crippen molar-refractivity contribution in [1.82, 2.24) is 9.21 Å². The molecule has 0 unspecified atom stereocenters. The Morgan fingerprint density at radius 3 is 2.52 bits per heavy atom. The number of aromatic carboxylic acids is 1. The first-order valence-electron chi connectivity index (χ1n) is 6.32. The van der Waals surface area contributed by atoms with Crippen LogP contribution >= 0.6 is 0 Å². The summed E-state index contributed by atoms with van der Waals surface area (Å²) in [5.74, 6) is -1.46. The number of carboxylic acid groups (broad SMARTS) is 1. The van der Waals surface area contributed by atoms with Crippen LogP contribution in [0.2, 0.25) is 0 Å². The van der Waals surface area contributed by atoms with Crippen LogP contribution in [0.1, 0.15) is 15.9 Å². The van der Waals surface area contributed by atoms with E-state index in [0.717, 1.165) is 4.31 Å². The number of carboxylic acids is 1. The van der Waals surface area contributed by atoms with E-state index in [4.69, 9.17) is 5.11 Å². The summed E-state index contributed by atoms with van der Waals surface area (Å²) in [4.78, 5) is 24.2. The van der Waals surface area contributed by atoms with Crippen LogP contribution in [-0.2, 0) is 14.8 Å². The van der Waals surface area contributed by atoms with E-state index in [9.17, 15) is 18.0 Å². The molecule has 1 N–H and O–H groups in total. The van der Waals surface area contributed by atoms with Crippen molar-refractivity contribution >= 4 is 21.9 Å². The molecule has 1 fully saturated rings. The van der Waals surface area contributed by atoms with E-state index < -0.39 is 16.0 Å². The molecular formula is C13H16N2O5S. The molecular weight excluding hydrogens is 296 g/mol. The molecule has 1 aromatic rings. The number of sulfonamides is 1. The molecule has 7 nitrogen and oxygen atoms in total. The molecule has 1 aliphatic heterocycles. The number of rotatable bonds is 3. The van der Waals surface area contributed by atoms with Gasteiger partial charge in [0, 0.05) is 20.1 Å². The number of hydrogen-bond acceptors (Lipinski definition) is 4. The number of carbonyl (C=O) groups excluding carboxylic acids is 1. The predicted octanol–water partition coefficient (Wildman–Crippen LogP) is 0.156. The largest absolute Gasteiger partial charge is 0.478 e. The van der Waals surface area contributed by atoms with Crippen molar-refractivity contribution in [3.05, 3.63) is 29.3 Å². The summed E-state index contributed by atoms with van der Waals surface area (Å²) in [5, 5.41) is 9.07. The molecule has 114 valence electrons. The molecule has 1 aliphatic rings. The van der Waals surface area contributed by atoms with Gasteiger partial charge >= 0.3 is 5.97 Å². The standard InChI is InChI=1S/C13H16N2O5S/c1-9-10(13(17)18)4-3-5-11(9)21(19,20)15-7-6-14(2)12(16)8-15/h3-5H,6-8H2,1-2H3,(H,17,18). The Morgan fingerprint density at radius 1 is 1.29 bits per heavy atom. The highest BCUT2D eigenvalue weighted by Gasteiger charge is 2.33. The van der Waals surface area contributed by atoms with Gasteiger partial charge in [-0.15, -0.1) is 0 Å². The first-order chi connectivity index (χ1) is 9.75. The maximum atomic E-state index is 12.6. The smallest absolute Gasteiger partial charge is 0.335 e. The molecule has 1 saturated heterocycles. The van der Waals surface area contributed by atoms with Crippen molar-refractivity contribution in [2.24, 2.45) is 0 Å². The van der Waals surface area contributed by atoms with E-state index in [1.807, 2.05) is 0 Å². The van der Waals surface area contributed by atoms with Crippen LogP contribution in [0.25, 0.3) is 0 Å². The van der Waals surface area contributed by atoms with E-state index in [1.165, 1.54) is 30.0 Å². The zero-order valence-electron chi connectivity index (χ0n) is 11.7. The minimum Gasteiger partial charge on any atom is -0.478 e. The highest BCUT2D eigenvalue weighted by molar-refractivity contribution is 7.89. The minimum absolute atomic E-state index is 0.0588. The number of benzene rings is 1. The van der Waals surface area contributed by atoms with E-state index >= 15 is 0 Å². The Hall–Kier alpha value is -1.93. The molecule has 1 aromatic carbocycles. The second-order valence-electron chi connectivity index (χ2n) is 4.89. The van der Waals surface area contributed by atoms with Gasteiger partial charge in [-0.2, -0.15) is 4.31 Å². The Balaban J connectivity index is 2.43. The summed E-state index contributed by atoms with van der Waals surface area (Å²) in [7, 11) is -2.27. The molecule has 8 heteroatoms. The quantitative estimate of drug-likeness (QED) is 0.857. The lowest BCUT2D eigenvalue weighted by atomic mass is 10.1. The molecule has 1 amide bonds. The van der Waals surface area contributed by atoms with Crippen LogP contribution in [0.5, 0.6) is 0 Å². The average Bonchev–Trinajstić information content (AvgIpc) is 2.41. The normalized spacial score (nSPS) is 17.0. The van der Waals surface area contributed by atoms with E-state index in [0.29, 0.717) is 6.54 Å². The van der Waals surface area contributed by atoms with Crippen LogP contribution in [-0.4, -0.2) is 61.3 Å². The lowest BCUT2D eigenvalue weighted by Crippen LogP contribution is -2.50. The SMILES string of the molecule is Cc1c(C(=O)O)cccc1S(=O)(=O)N1CCN(C)C(=O)C1. The van der Waals surface area contributed by atoms with Crippen molar-refractivity contribution in [3.8, 4) is 0 Å². The lowest BCUT2D eigenvalue weighted by molar-refractivity contribution is -0.132. The maximum Gasteiger partial charge on any atom is 0.335 e. The third-order valence-electron chi connectivity index (χ3n) is 3.55. The summed E-state index contributed by atoms with van der Waals surface area (Å²) in [5.41, 5.74) is 0.118. The van der Waals surface area contributed by atoms with E-state index in [2.05, 4.69) is 0 Å². The first kappa shape index (κ1) is 15.5. The Bertz CT molecular complexity index is 699. The number of piperazine rings is 1. The van der Waals surface area contributed by atoms with Crippen molar-refractivity contribution in [2.75, 3.05) is 26.7 Å². The lowest BCUT2D eigenvalue weighted by Gasteiger charge is -2.31. The fourth-order valence-corrected chi connectivity index (χ4v) is 3.83. The molecule has 2 rings (SSSR count). The van der Waals surface area contributed by atoms with Gasteiger partial charge < -0.3 is 10.0 Å².